The average molecular weight is 631 g/mol. The Bertz CT molecular complexity index is 1780. The minimum Gasteiger partial charge on any atom is -0.436 e. The van der Waals surface area contributed by atoms with Crippen LogP contribution in [0.15, 0.2) is 115 Å². The number of benzene rings is 4. The van der Waals surface area contributed by atoms with E-state index in [1.54, 1.807) is 36.2 Å². The highest BCUT2D eigenvalue weighted by Crippen LogP contribution is 2.45. The molecule has 46 heavy (non-hydrogen) atoms. The minimum atomic E-state index is -0.791. The van der Waals surface area contributed by atoms with Crippen molar-refractivity contribution in [3.8, 4) is 22.4 Å². The highest BCUT2D eigenvalue weighted by atomic mass is 32.1. The lowest BCUT2D eigenvalue weighted by Gasteiger charge is -2.22. The summed E-state index contributed by atoms with van der Waals surface area (Å²) in [5.74, 6) is -0.674. The van der Waals surface area contributed by atoms with E-state index < -0.39 is 18.2 Å². The summed E-state index contributed by atoms with van der Waals surface area (Å²) >= 11 is 1.33. The van der Waals surface area contributed by atoms with Crippen LogP contribution in [0.1, 0.15) is 46.9 Å². The molecule has 0 spiro atoms. The van der Waals surface area contributed by atoms with Gasteiger partial charge in [0.25, 0.3) is 5.91 Å². The molecular weight excluding hydrogens is 596 g/mol. The van der Waals surface area contributed by atoms with E-state index in [1.807, 2.05) is 90.3 Å². The first kappa shape index (κ1) is 30.7. The zero-order valence-electron chi connectivity index (χ0n) is 25.4. The number of rotatable bonds is 11. The van der Waals surface area contributed by atoms with Gasteiger partial charge in [-0.15, -0.1) is 11.3 Å². The largest absolute Gasteiger partial charge is 0.436 e. The zero-order valence-corrected chi connectivity index (χ0v) is 26.2. The predicted octanol–water partition coefficient (Wildman–Crippen LogP) is 7.56. The highest BCUT2D eigenvalue weighted by Gasteiger charge is 2.32. The molecule has 6 rings (SSSR count). The summed E-state index contributed by atoms with van der Waals surface area (Å²) in [6.45, 7) is 0.433. The summed E-state index contributed by atoms with van der Waals surface area (Å²) in [6, 6.07) is 33.7. The smallest absolute Gasteiger partial charge is 0.410 e. The number of aromatic nitrogens is 1. The van der Waals surface area contributed by atoms with Crippen molar-refractivity contribution in [1.29, 1.82) is 0 Å². The topological polar surface area (TPSA) is 101 Å². The lowest BCUT2D eigenvalue weighted by Crippen LogP contribution is -2.44. The molecule has 2 N–H and O–H groups in total. The van der Waals surface area contributed by atoms with Gasteiger partial charge in [-0.3, -0.25) is 9.59 Å². The number of thiazole rings is 1. The van der Waals surface area contributed by atoms with Gasteiger partial charge in [-0.1, -0.05) is 97.1 Å². The van der Waals surface area contributed by atoms with Gasteiger partial charge in [-0.05, 0) is 42.5 Å². The quantitative estimate of drug-likeness (QED) is 0.147. The molecule has 8 nitrogen and oxygen atoms in total. The number of carbonyl (C=O) groups excluding carboxylic acids is 3. The molecule has 1 aliphatic rings. The normalized spacial score (nSPS) is 12.5. The van der Waals surface area contributed by atoms with Crippen molar-refractivity contribution in [1.82, 2.24) is 15.2 Å². The first-order valence-corrected chi connectivity index (χ1v) is 16.1. The third kappa shape index (κ3) is 7.00. The second-order valence-corrected chi connectivity index (χ2v) is 12.0. The zero-order chi connectivity index (χ0) is 31.9. The number of nitrogens with one attached hydrogen (secondary N) is 2. The van der Waals surface area contributed by atoms with E-state index in [0.717, 1.165) is 33.5 Å². The summed E-state index contributed by atoms with van der Waals surface area (Å²) in [7, 11) is 1.71. The lowest BCUT2D eigenvalue weighted by molar-refractivity contribution is -0.118. The van der Waals surface area contributed by atoms with Gasteiger partial charge in [0.15, 0.2) is 11.2 Å². The number of hydrogen-bond acceptors (Lipinski definition) is 6. The van der Waals surface area contributed by atoms with Crippen LogP contribution in [0, 0.1) is 0 Å². The number of unbranched alkanes of at least 4 members (excludes halogenated alkanes) is 1. The molecular formula is C37H34N4O4S. The van der Waals surface area contributed by atoms with Gasteiger partial charge in [0, 0.05) is 41.2 Å². The fourth-order valence-corrected chi connectivity index (χ4v) is 6.30. The van der Waals surface area contributed by atoms with Crippen molar-refractivity contribution in [3.05, 3.63) is 131 Å². The van der Waals surface area contributed by atoms with Gasteiger partial charge in [0.1, 0.15) is 6.04 Å². The van der Waals surface area contributed by atoms with Crippen LogP contribution in [0.4, 0.5) is 9.93 Å². The molecule has 5 aromatic rings. The molecule has 0 radical (unpaired) electrons. The number of anilines is 1. The molecule has 4 aromatic carbocycles. The second kappa shape index (κ2) is 14.2. The molecule has 0 fully saturated rings. The summed E-state index contributed by atoms with van der Waals surface area (Å²) < 4.78 is 6.00. The highest BCUT2D eigenvalue weighted by molar-refractivity contribution is 7.14. The van der Waals surface area contributed by atoms with E-state index in [0.29, 0.717) is 36.5 Å². The van der Waals surface area contributed by atoms with Crippen LogP contribution >= 0.6 is 11.3 Å². The molecule has 1 aromatic heterocycles. The Labute approximate surface area is 272 Å². The van der Waals surface area contributed by atoms with E-state index in [2.05, 4.69) is 15.6 Å². The molecule has 232 valence electrons. The molecule has 1 atom stereocenters. The Morgan fingerprint density at radius 3 is 2.11 bits per heavy atom. The first-order valence-electron chi connectivity index (χ1n) is 15.3. The molecule has 1 unspecified atom stereocenters. The Balaban J connectivity index is 1.06. The fraction of sp³-hybridized carbons (Fsp3) is 0.189. The maximum Gasteiger partial charge on any atom is 0.410 e. The van der Waals surface area contributed by atoms with Crippen molar-refractivity contribution in [2.75, 3.05) is 18.9 Å². The van der Waals surface area contributed by atoms with E-state index in [-0.39, 0.29) is 11.8 Å². The van der Waals surface area contributed by atoms with E-state index in [1.165, 1.54) is 11.3 Å². The summed E-state index contributed by atoms with van der Waals surface area (Å²) in [4.78, 5) is 45.7. The number of carbonyl (C=O) groups is 3. The van der Waals surface area contributed by atoms with Crippen LogP contribution in [-0.2, 0) is 9.53 Å². The Kier molecular flexibility index (Phi) is 9.50. The molecule has 0 saturated heterocycles. The van der Waals surface area contributed by atoms with Crippen LogP contribution in [0.5, 0.6) is 0 Å². The predicted molar refractivity (Wildman–Crippen MR) is 181 cm³/mol. The Morgan fingerprint density at radius 2 is 1.43 bits per heavy atom. The third-order valence-corrected chi connectivity index (χ3v) is 8.76. The molecule has 9 heteroatoms. The minimum absolute atomic E-state index is 0.331. The number of amides is 3. The maximum absolute atomic E-state index is 13.4. The van der Waals surface area contributed by atoms with Crippen molar-refractivity contribution in [3.63, 3.8) is 0 Å². The summed E-state index contributed by atoms with van der Waals surface area (Å²) in [5, 5.41) is 8.12. The third-order valence-electron chi connectivity index (χ3n) is 8.01. The van der Waals surface area contributed by atoms with Gasteiger partial charge < -0.3 is 20.3 Å². The standard InChI is InChI=1S/C37H34N4O4S/c1-41(37(44)45-33-29-20-10-8-18-27(29)28-19-9-11-21-30(28)33)23-13-12-22-31(38-34(42)26-16-6-3-7-17-26)35(43)40-36-39-32(24-46-36)25-14-4-2-5-15-25/h2-11,14-21,24,31,33H,12-13,22-23H2,1H3,(H,38,42)(H,39,40,43). The van der Waals surface area contributed by atoms with Gasteiger partial charge in [-0.25, -0.2) is 9.78 Å². The number of ether oxygens (including phenoxy) is 1. The number of hydrogen-bond donors (Lipinski definition) is 2. The van der Waals surface area contributed by atoms with Gasteiger partial charge in [-0.2, -0.15) is 0 Å². The van der Waals surface area contributed by atoms with Crippen molar-refractivity contribution < 1.29 is 19.1 Å². The first-order chi connectivity index (χ1) is 22.5. The average Bonchev–Trinajstić information content (AvgIpc) is 3.69. The molecule has 1 heterocycles. The van der Waals surface area contributed by atoms with Crippen LogP contribution < -0.4 is 10.6 Å². The van der Waals surface area contributed by atoms with Crippen molar-refractivity contribution >= 4 is 34.4 Å². The van der Waals surface area contributed by atoms with E-state index >= 15 is 0 Å². The molecule has 3 amide bonds. The fourth-order valence-electron chi connectivity index (χ4n) is 5.58. The van der Waals surface area contributed by atoms with Crippen LogP contribution in [0.25, 0.3) is 22.4 Å². The van der Waals surface area contributed by atoms with Gasteiger partial charge >= 0.3 is 6.09 Å². The molecule has 0 aliphatic heterocycles. The van der Waals surface area contributed by atoms with Crippen LogP contribution in [-0.4, -0.2) is 47.4 Å². The van der Waals surface area contributed by atoms with Crippen molar-refractivity contribution in [2.24, 2.45) is 0 Å². The molecule has 0 saturated carbocycles. The van der Waals surface area contributed by atoms with Crippen LogP contribution in [0.2, 0.25) is 0 Å². The second-order valence-electron chi connectivity index (χ2n) is 11.1. The van der Waals surface area contributed by atoms with Crippen molar-refractivity contribution in [2.45, 2.75) is 31.4 Å². The molecule has 0 bridgehead atoms. The Morgan fingerprint density at radius 1 is 0.826 bits per heavy atom. The van der Waals surface area contributed by atoms with Crippen LogP contribution in [0.3, 0.4) is 0 Å². The van der Waals surface area contributed by atoms with E-state index in [4.69, 9.17) is 4.74 Å². The monoisotopic (exact) mass is 630 g/mol. The SMILES string of the molecule is CN(CCCCC(NC(=O)c1ccccc1)C(=O)Nc1nc(-c2ccccc2)cs1)C(=O)OC1c2ccccc2-c2ccccc21. The number of nitrogens with zero attached hydrogens (tertiary/aromatic N) is 2. The van der Waals surface area contributed by atoms with Gasteiger partial charge in [0.05, 0.1) is 5.69 Å². The summed E-state index contributed by atoms with van der Waals surface area (Å²) in [5.41, 5.74) is 6.30. The molecule has 1 aliphatic carbocycles. The number of fused-ring (bicyclic) bond motifs is 3. The maximum atomic E-state index is 13.4. The Hall–Kier alpha value is -5.28. The lowest BCUT2D eigenvalue weighted by atomic mass is 10.1. The summed E-state index contributed by atoms with van der Waals surface area (Å²) in [6.07, 6.45) is 0.711. The van der Waals surface area contributed by atoms with Gasteiger partial charge in [0.2, 0.25) is 5.91 Å². The van der Waals surface area contributed by atoms with E-state index in [9.17, 15) is 14.4 Å².